The molecule has 0 aliphatic carbocycles. The highest BCUT2D eigenvalue weighted by Gasteiger charge is 2.24. The minimum Gasteiger partial charge on any atom is -0.494 e. The maximum atomic E-state index is 12.5. The van der Waals surface area contributed by atoms with Crippen LogP contribution in [-0.4, -0.2) is 34.7 Å². The fraction of sp³-hybridized carbons (Fsp3) is 0.368. The van der Waals surface area contributed by atoms with Gasteiger partial charge in [-0.1, -0.05) is 11.6 Å². The van der Waals surface area contributed by atoms with Crippen LogP contribution in [0.2, 0.25) is 5.02 Å². The van der Waals surface area contributed by atoms with Crippen LogP contribution in [-0.2, 0) is 10.0 Å². The number of rotatable bonds is 7. The fourth-order valence-electron chi connectivity index (χ4n) is 3.08. The summed E-state index contributed by atoms with van der Waals surface area (Å²) in [5.41, 5.74) is 1.12. The lowest BCUT2D eigenvalue weighted by molar-refractivity contribution is 0.340. The molecule has 1 heterocycles. The molecular formula is C19H23ClN2O3S. The first kappa shape index (κ1) is 19.0. The van der Waals surface area contributed by atoms with E-state index in [-0.39, 0.29) is 10.8 Å². The Morgan fingerprint density at radius 3 is 2.50 bits per heavy atom. The summed E-state index contributed by atoms with van der Waals surface area (Å²) < 4.78 is 33.0. The van der Waals surface area contributed by atoms with Crippen LogP contribution in [0.3, 0.4) is 0 Å². The molecule has 2 aromatic carbocycles. The van der Waals surface area contributed by atoms with E-state index in [9.17, 15) is 8.42 Å². The largest absolute Gasteiger partial charge is 0.494 e. The first-order valence-electron chi connectivity index (χ1n) is 8.71. The van der Waals surface area contributed by atoms with E-state index >= 15 is 0 Å². The standard InChI is InChI=1S/C19H23ClN2O3S/c1-2-25-18-7-9-19(10-8-18)26(23,24)21-13-15-11-12-22(14-15)17-5-3-16(20)4-6-17/h3-10,15,21H,2,11-14H2,1H3. The Balaban J connectivity index is 1.55. The van der Waals surface area contributed by atoms with Gasteiger partial charge in [0.1, 0.15) is 5.75 Å². The summed E-state index contributed by atoms with van der Waals surface area (Å²) in [6, 6.07) is 14.2. The number of hydrogen-bond acceptors (Lipinski definition) is 4. The monoisotopic (exact) mass is 394 g/mol. The molecule has 140 valence electrons. The van der Waals surface area contributed by atoms with Gasteiger partial charge in [0.15, 0.2) is 0 Å². The zero-order valence-electron chi connectivity index (χ0n) is 14.7. The molecule has 1 unspecified atom stereocenters. The van der Waals surface area contributed by atoms with E-state index in [1.807, 2.05) is 31.2 Å². The topological polar surface area (TPSA) is 58.6 Å². The van der Waals surface area contributed by atoms with Gasteiger partial charge in [-0.3, -0.25) is 0 Å². The molecule has 0 aromatic heterocycles. The molecule has 5 nitrogen and oxygen atoms in total. The van der Waals surface area contributed by atoms with Crippen LogP contribution in [0.25, 0.3) is 0 Å². The molecule has 1 aliphatic heterocycles. The highest BCUT2D eigenvalue weighted by Crippen LogP contribution is 2.25. The van der Waals surface area contributed by atoms with Gasteiger partial charge >= 0.3 is 0 Å². The molecular weight excluding hydrogens is 372 g/mol. The Morgan fingerprint density at radius 2 is 1.85 bits per heavy atom. The first-order valence-corrected chi connectivity index (χ1v) is 10.6. The molecule has 1 N–H and O–H groups in total. The van der Waals surface area contributed by atoms with Gasteiger partial charge in [0.25, 0.3) is 0 Å². The van der Waals surface area contributed by atoms with E-state index in [0.29, 0.717) is 23.9 Å². The van der Waals surface area contributed by atoms with Crippen LogP contribution in [0.5, 0.6) is 5.75 Å². The summed E-state index contributed by atoms with van der Waals surface area (Å²) in [4.78, 5) is 2.51. The summed E-state index contributed by atoms with van der Waals surface area (Å²) in [7, 11) is -3.51. The smallest absolute Gasteiger partial charge is 0.240 e. The molecule has 2 aromatic rings. The van der Waals surface area contributed by atoms with Gasteiger partial charge in [0, 0.05) is 30.3 Å². The van der Waals surface area contributed by atoms with Crippen LogP contribution in [0, 0.1) is 5.92 Å². The molecule has 1 atom stereocenters. The molecule has 0 bridgehead atoms. The number of sulfonamides is 1. The van der Waals surface area contributed by atoms with Gasteiger partial charge in [0.2, 0.25) is 10.0 Å². The normalized spacial score (nSPS) is 17.5. The zero-order chi connectivity index (χ0) is 18.6. The lowest BCUT2D eigenvalue weighted by Gasteiger charge is -2.19. The second kappa shape index (κ2) is 8.29. The number of benzene rings is 2. The quantitative estimate of drug-likeness (QED) is 0.780. The molecule has 7 heteroatoms. The van der Waals surface area contributed by atoms with Crippen molar-refractivity contribution >= 4 is 27.3 Å². The van der Waals surface area contributed by atoms with Crippen molar-refractivity contribution in [3.8, 4) is 5.75 Å². The Hall–Kier alpha value is -1.76. The van der Waals surface area contributed by atoms with E-state index in [0.717, 1.165) is 25.2 Å². The van der Waals surface area contributed by atoms with Crippen molar-refractivity contribution < 1.29 is 13.2 Å². The molecule has 0 spiro atoms. The van der Waals surface area contributed by atoms with Gasteiger partial charge in [-0.2, -0.15) is 0 Å². The molecule has 1 saturated heterocycles. The zero-order valence-corrected chi connectivity index (χ0v) is 16.3. The van der Waals surface area contributed by atoms with E-state index in [1.165, 1.54) is 0 Å². The average Bonchev–Trinajstić information content (AvgIpc) is 3.11. The van der Waals surface area contributed by atoms with Crippen molar-refractivity contribution in [3.05, 3.63) is 53.6 Å². The predicted molar refractivity (Wildman–Crippen MR) is 105 cm³/mol. The van der Waals surface area contributed by atoms with E-state index in [1.54, 1.807) is 24.3 Å². The van der Waals surface area contributed by atoms with E-state index < -0.39 is 10.0 Å². The van der Waals surface area contributed by atoms with Crippen molar-refractivity contribution in [2.75, 3.05) is 31.1 Å². The molecule has 0 radical (unpaired) electrons. The molecule has 1 fully saturated rings. The van der Waals surface area contributed by atoms with Crippen LogP contribution in [0.1, 0.15) is 13.3 Å². The molecule has 3 rings (SSSR count). The minimum absolute atomic E-state index is 0.258. The number of nitrogens with zero attached hydrogens (tertiary/aromatic N) is 1. The first-order chi connectivity index (χ1) is 12.5. The summed E-state index contributed by atoms with van der Waals surface area (Å²) in [6.45, 7) is 4.61. The summed E-state index contributed by atoms with van der Waals surface area (Å²) in [5.74, 6) is 0.948. The number of hydrogen-bond donors (Lipinski definition) is 1. The van der Waals surface area contributed by atoms with Crippen molar-refractivity contribution in [1.82, 2.24) is 4.72 Å². The van der Waals surface area contributed by atoms with Gasteiger partial charge < -0.3 is 9.64 Å². The Bertz CT molecular complexity index is 823. The number of nitrogens with one attached hydrogen (secondary N) is 1. The van der Waals surface area contributed by atoms with Crippen molar-refractivity contribution in [1.29, 1.82) is 0 Å². The second-order valence-corrected chi connectivity index (χ2v) is 8.54. The Kier molecular flexibility index (Phi) is 6.06. The van der Waals surface area contributed by atoms with Gasteiger partial charge in [-0.15, -0.1) is 0 Å². The average molecular weight is 395 g/mol. The van der Waals surface area contributed by atoms with Crippen molar-refractivity contribution in [2.45, 2.75) is 18.2 Å². The number of halogens is 1. The molecule has 1 aliphatic rings. The summed E-state index contributed by atoms with van der Waals surface area (Å²) >= 11 is 5.93. The fourth-order valence-corrected chi connectivity index (χ4v) is 4.32. The van der Waals surface area contributed by atoms with Gasteiger partial charge in [-0.25, -0.2) is 13.1 Å². The van der Waals surface area contributed by atoms with E-state index in [4.69, 9.17) is 16.3 Å². The van der Waals surface area contributed by atoms with Crippen molar-refractivity contribution in [3.63, 3.8) is 0 Å². The maximum Gasteiger partial charge on any atom is 0.240 e. The minimum atomic E-state index is -3.51. The van der Waals surface area contributed by atoms with E-state index in [2.05, 4.69) is 9.62 Å². The predicted octanol–water partition coefficient (Wildman–Crippen LogP) is 3.54. The third-order valence-electron chi connectivity index (χ3n) is 4.48. The lowest BCUT2D eigenvalue weighted by Crippen LogP contribution is -2.31. The van der Waals surface area contributed by atoms with Crippen LogP contribution >= 0.6 is 11.6 Å². The van der Waals surface area contributed by atoms with Crippen LogP contribution in [0.15, 0.2) is 53.4 Å². The van der Waals surface area contributed by atoms with Crippen molar-refractivity contribution in [2.24, 2.45) is 5.92 Å². The maximum absolute atomic E-state index is 12.5. The lowest BCUT2D eigenvalue weighted by atomic mass is 10.1. The number of anilines is 1. The van der Waals surface area contributed by atoms with Gasteiger partial charge in [-0.05, 0) is 67.8 Å². The molecule has 26 heavy (non-hydrogen) atoms. The highest BCUT2D eigenvalue weighted by molar-refractivity contribution is 7.89. The van der Waals surface area contributed by atoms with Crippen LogP contribution in [0.4, 0.5) is 5.69 Å². The van der Waals surface area contributed by atoms with Crippen LogP contribution < -0.4 is 14.4 Å². The Morgan fingerprint density at radius 1 is 1.15 bits per heavy atom. The molecule has 0 saturated carbocycles. The second-order valence-electron chi connectivity index (χ2n) is 6.33. The Labute approximate surface area is 160 Å². The SMILES string of the molecule is CCOc1ccc(S(=O)(=O)NCC2CCN(c3ccc(Cl)cc3)C2)cc1. The highest BCUT2D eigenvalue weighted by atomic mass is 35.5. The third kappa shape index (κ3) is 4.69. The molecule has 0 amide bonds. The van der Waals surface area contributed by atoms with Gasteiger partial charge in [0.05, 0.1) is 11.5 Å². The third-order valence-corrected chi connectivity index (χ3v) is 6.18. The summed E-state index contributed by atoms with van der Waals surface area (Å²) in [5, 5.41) is 0.715. The number of ether oxygens (including phenoxy) is 1. The summed E-state index contributed by atoms with van der Waals surface area (Å²) in [6.07, 6.45) is 0.953.